The van der Waals surface area contributed by atoms with Crippen molar-refractivity contribution < 1.29 is 4.79 Å². The highest BCUT2D eigenvalue weighted by Crippen LogP contribution is 2.23. The van der Waals surface area contributed by atoms with Gasteiger partial charge in [-0.15, -0.1) is 0 Å². The molecule has 0 fully saturated rings. The normalized spacial score (nSPS) is 10.1. The molecule has 0 bridgehead atoms. The Bertz CT molecular complexity index is 582. The molecule has 0 heterocycles. The highest BCUT2D eigenvalue weighted by molar-refractivity contribution is 9.10. The maximum absolute atomic E-state index is 12.2. The Hall–Kier alpha value is -1.81. The third-order valence-corrected chi connectivity index (χ3v) is 3.15. The molecular formula is C14H13BrN2O. The number of nitrogen functional groups attached to an aromatic ring is 1. The summed E-state index contributed by atoms with van der Waals surface area (Å²) in [6.07, 6.45) is 0. The molecule has 1 amide bonds. The van der Waals surface area contributed by atoms with Crippen molar-refractivity contribution in [3.05, 3.63) is 58.1 Å². The number of anilines is 2. The summed E-state index contributed by atoms with van der Waals surface area (Å²) in [4.78, 5) is 12.2. The molecule has 2 rings (SSSR count). The molecule has 0 unspecified atom stereocenters. The number of para-hydroxylation sites is 1. The van der Waals surface area contributed by atoms with Crippen LogP contribution in [-0.2, 0) is 0 Å². The van der Waals surface area contributed by atoms with E-state index in [9.17, 15) is 4.79 Å². The second kappa shape index (κ2) is 5.23. The number of rotatable bonds is 2. The summed E-state index contributed by atoms with van der Waals surface area (Å²) in [5.41, 5.74) is 8.57. The lowest BCUT2D eigenvalue weighted by Gasteiger charge is -2.10. The minimum absolute atomic E-state index is 0.160. The van der Waals surface area contributed by atoms with Crippen LogP contribution >= 0.6 is 15.9 Å². The molecule has 0 aliphatic rings. The Morgan fingerprint density at radius 1 is 1.22 bits per heavy atom. The number of carbonyl (C=O) groups is 1. The minimum atomic E-state index is -0.160. The summed E-state index contributed by atoms with van der Waals surface area (Å²) in [5, 5.41) is 2.84. The summed E-state index contributed by atoms with van der Waals surface area (Å²) in [6, 6.07) is 12.9. The first kappa shape index (κ1) is 12.6. The van der Waals surface area contributed by atoms with Gasteiger partial charge in [-0.05, 0) is 36.8 Å². The van der Waals surface area contributed by atoms with Crippen LogP contribution < -0.4 is 11.1 Å². The highest BCUT2D eigenvalue weighted by Gasteiger charge is 2.12. The lowest BCUT2D eigenvalue weighted by atomic mass is 10.1. The van der Waals surface area contributed by atoms with Crippen molar-refractivity contribution in [3.63, 3.8) is 0 Å². The number of benzene rings is 2. The predicted molar refractivity (Wildman–Crippen MR) is 77.7 cm³/mol. The number of hydrogen-bond acceptors (Lipinski definition) is 2. The first-order valence-corrected chi connectivity index (χ1v) is 6.29. The van der Waals surface area contributed by atoms with Crippen LogP contribution in [0.1, 0.15) is 15.9 Å². The van der Waals surface area contributed by atoms with Crippen LogP contribution in [0.4, 0.5) is 11.4 Å². The Labute approximate surface area is 114 Å². The van der Waals surface area contributed by atoms with Crippen LogP contribution in [0.2, 0.25) is 0 Å². The van der Waals surface area contributed by atoms with E-state index < -0.39 is 0 Å². The van der Waals surface area contributed by atoms with Crippen molar-refractivity contribution in [2.45, 2.75) is 6.92 Å². The van der Waals surface area contributed by atoms with E-state index in [0.717, 1.165) is 15.7 Å². The molecule has 3 nitrogen and oxygen atoms in total. The smallest absolute Gasteiger partial charge is 0.256 e. The molecule has 0 saturated heterocycles. The first-order chi connectivity index (χ1) is 8.58. The van der Waals surface area contributed by atoms with E-state index in [4.69, 9.17) is 5.73 Å². The predicted octanol–water partition coefficient (Wildman–Crippen LogP) is 3.59. The zero-order chi connectivity index (χ0) is 13.1. The van der Waals surface area contributed by atoms with Gasteiger partial charge >= 0.3 is 0 Å². The van der Waals surface area contributed by atoms with Crippen molar-refractivity contribution in [2.24, 2.45) is 0 Å². The van der Waals surface area contributed by atoms with Crippen molar-refractivity contribution in [1.29, 1.82) is 0 Å². The van der Waals surface area contributed by atoms with Crippen LogP contribution in [-0.4, -0.2) is 5.91 Å². The van der Waals surface area contributed by atoms with Gasteiger partial charge in [0, 0.05) is 21.4 Å². The zero-order valence-electron chi connectivity index (χ0n) is 9.91. The third kappa shape index (κ3) is 2.71. The third-order valence-electron chi connectivity index (χ3n) is 2.69. The standard InChI is InChI=1S/C14H13BrN2O/c1-9-12(7-10(15)8-13(9)16)14(18)17-11-5-3-2-4-6-11/h2-8H,16H2,1H3,(H,17,18). The molecule has 0 aliphatic carbocycles. The van der Waals surface area contributed by atoms with E-state index >= 15 is 0 Å². The largest absolute Gasteiger partial charge is 0.398 e. The lowest BCUT2D eigenvalue weighted by Crippen LogP contribution is -2.14. The number of nitrogens with two attached hydrogens (primary N) is 1. The Morgan fingerprint density at radius 2 is 1.89 bits per heavy atom. The zero-order valence-corrected chi connectivity index (χ0v) is 11.5. The van der Waals surface area contributed by atoms with Gasteiger partial charge in [-0.2, -0.15) is 0 Å². The number of hydrogen-bond donors (Lipinski definition) is 2. The highest BCUT2D eigenvalue weighted by atomic mass is 79.9. The fraction of sp³-hybridized carbons (Fsp3) is 0.0714. The van der Waals surface area contributed by atoms with Crippen LogP contribution in [0.25, 0.3) is 0 Å². The maximum Gasteiger partial charge on any atom is 0.256 e. The first-order valence-electron chi connectivity index (χ1n) is 5.50. The minimum Gasteiger partial charge on any atom is -0.398 e. The fourth-order valence-electron chi connectivity index (χ4n) is 1.66. The van der Waals surface area contributed by atoms with Gasteiger partial charge in [0.25, 0.3) is 5.91 Å². The number of halogens is 1. The van der Waals surface area contributed by atoms with Gasteiger partial charge in [-0.1, -0.05) is 34.1 Å². The molecular weight excluding hydrogens is 292 g/mol. The molecule has 2 aromatic carbocycles. The van der Waals surface area contributed by atoms with Crippen molar-refractivity contribution in [1.82, 2.24) is 0 Å². The quantitative estimate of drug-likeness (QED) is 0.833. The fourth-order valence-corrected chi connectivity index (χ4v) is 2.13. The second-order valence-electron chi connectivity index (χ2n) is 3.99. The van der Waals surface area contributed by atoms with Crippen molar-refractivity contribution in [2.75, 3.05) is 11.1 Å². The van der Waals surface area contributed by atoms with Crippen molar-refractivity contribution in [3.8, 4) is 0 Å². The van der Waals surface area contributed by atoms with E-state index in [2.05, 4.69) is 21.2 Å². The molecule has 0 atom stereocenters. The van der Waals surface area contributed by atoms with Crippen LogP contribution in [0.3, 0.4) is 0 Å². The van der Waals surface area contributed by atoms with Crippen LogP contribution in [0.15, 0.2) is 46.9 Å². The summed E-state index contributed by atoms with van der Waals surface area (Å²) in [5.74, 6) is -0.160. The molecule has 92 valence electrons. The van der Waals surface area contributed by atoms with E-state index in [0.29, 0.717) is 11.3 Å². The number of nitrogens with one attached hydrogen (secondary N) is 1. The molecule has 4 heteroatoms. The van der Waals surface area contributed by atoms with E-state index in [1.165, 1.54) is 0 Å². The second-order valence-corrected chi connectivity index (χ2v) is 4.90. The maximum atomic E-state index is 12.2. The monoisotopic (exact) mass is 304 g/mol. The van der Waals surface area contributed by atoms with Crippen molar-refractivity contribution >= 4 is 33.2 Å². The summed E-state index contributed by atoms with van der Waals surface area (Å²) >= 11 is 3.34. The average molecular weight is 305 g/mol. The molecule has 0 aromatic heterocycles. The molecule has 18 heavy (non-hydrogen) atoms. The number of amides is 1. The topological polar surface area (TPSA) is 55.1 Å². The molecule has 0 spiro atoms. The number of carbonyl (C=O) groups excluding carboxylic acids is 1. The van der Waals surface area contributed by atoms with Gasteiger partial charge in [0.1, 0.15) is 0 Å². The van der Waals surface area contributed by atoms with E-state index in [1.54, 1.807) is 12.1 Å². The van der Waals surface area contributed by atoms with Crippen LogP contribution in [0.5, 0.6) is 0 Å². The molecule has 0 aliphatic heterocycles. The van der Waals surface area contributed by atoms with Gasteiger partial charge in [0.2, 0.25) is 0 Å². The van der Waals surface area contributed by atoms with Gasteiger partial charge in [-0.25, -0.2) is 0 Å². The molecule has 0 radical (unpaired) electrons. The Balaban J connectivity index is 2.30. The SMILES string of the molecule is Cc1c(N)cc(Br)cc1C(=O)Nc1ccccc1. The van der Waals surface area contributed by atoms with E-state index in [1.807, 2.05) is 37.3 Å². The van der Waals surface area contributed by atoms with Gasteiger partial charge in [0.05, 0.1) is 0 Å². The summed E-state index contributed by atoms with van der Waals surface area (Å²) in [7, 11) is 0. The molecule has 3 N–H and O–H groups in total. The van der Waals surface area contributed by atoms with Crippen LogP contribution in [0, 0.1) is 6.92 Å². The molecule has 2 aromatic rings. The lowest BCUT2D eigenvalue weighted by molar-refractivity contribution is 0.102. The van der Waals surface area contributed by atoms with E-state index in [-0.39, 0.29) is 5.91 Å². The van der Waals surface area contributed by atoms with Gasteiger partial charge < -0.3 is 11.1 Å². The Morgan fingerprint density at radius 3 is 2.56 bits per heavy atom. The summed E-state index contributed by atoms with van der Waals surface area (Å²) in [6.45, 7) is 1.84. The van der Waals surface area contributed by atoms with Gasteiger partial charge in [-0.3, -0.25) is 4.79 Å². The Kier molecular flexibility index (Phi) is 3.67. The average Bonchev–Trinajstić information content (AvgIpc) is 2.35. The summed E-state index contributed by atoms with van der Waals surface area (Å²) < 4.78 is 0.795. The van der Waals surface area contributed by atoms with Gasteiger partial charge in [0.15, 0.2) is 0 Å². The molecule has 0 saturated carbocycles.